The van der Waals surface area contributed by atoms with Crippen molar-refractivity contribution in [2.75, 3.05) is 11.9 Å². The zero-order valence-electron chi connectivity index (χ0n) is 12.7. The van der Waals surface area contributed by atoms with Crippen molar-refractivity contribution in [3.8, 4) is 5.75 Å². The summed E-state index contributed by atoms with van der Waals surface area (Å²) < 4.78 is 5.93. The third-order valence-electron chi connectivity index (χ3n) is 3.92. The van der Waals surface area contributed by atoms with Gasteiger partial charge < -0.3 is 10.1 Å². The van der Waals surface area contributed by atoms with Gasteiger partial charge in [-0.15, -0.1) is 0 Å². The van der Waals surface area contributed by atoms with Crippen LogP contribution < -0.4 is 10.1 Å². The Balaban J connectivity index is 2.27. The molecule has 0 aromatic heterocycles. The molecule has 3 nitrogen and oxygen atoms in total. The zero-order chi connectivity index (χ0) is 14.5. The zero-order valence-corrected chi connectivity index (χ0v) is 12.7. The van der Waals surface area contributed by atoms with Gasteiger partial charge in [-0.3, -0.25) is 4.79 Å². The Labute approximate surface area is 121 Å². The quantitative estimate of drug-likeness (QED) is 0.830. The van der Waals surface area contributed by atoms with E-state index in [0.29, 0.717) is 11.8 Å². The van der Waals surface area contributed by atoms with E-state index in [9.17, 15) is 4.79 Å². The molecule has 20 heavy (non-hydrogen) atoms. The molecule has 0 bridgehead atoms. The Bertz CT molecular complexity index is 468. The molecular weight excluding hydrogens is 250 g/mol. The van der Waals surface area contributed by atoms with Gasteiger partial charge in [0.2, 0.25) is 6.41 Å². The number of carbonyl (C=O) groups excluding carboxylic acids is 1. The van der Waals surface area contributed by atoms with E-state index in [0.717, 1.165) is 50.1 Å². The Morgan fingerprint density at radius 1 is 1.45 bits per heavy atom. The number of nitrogens with one attached hydrogen (secondary N) is 1. The first-order valence-electron chi connectivity index (χ1n) is 7.59. The summed E-state index contributed by atoms with van der Waals surface area (Å²) in [4.78, 5) is 10.8. The molecule has 1 atom stereocenters. The van der Waals surface area contributed by atoms with Crippen molar-refractivity contribution in [2.24, 2.45) is 11.8 Å². The molecule has 1 unspecified atom stereocenters. The molecular formula is C17H25NO2. The number of anilines is 1. The molecule has 0 fully saturated rings. The first-order valence-corrected chi connectivity index (χ1v) is 7.59. The van der Waals surface area contributed by atoms with Crippen molar-refractivity contribution >= 4 is 12.1 Å². The number of ether oxygens (including phenoxy) is 1. The van der Waals surface area contributed by atoms with Crippen molar-refractivity contribution in [1.82, 2.24) is 0 Å². The molecule has 0 saturated carbocycles. The first-order chi connectivity index (χ1) is 9.60. The summed E-state index contributed by atoms with van der Waals surface area (Å²) in [6, 6.07) is 4.22. The molecule has 3 heteroatoms. The molecule has 2 rings (SSSR count). The maximum Gasteiger partial charge on any atom is 0.211 e. The number of amides is 1. The van der Waals surface area contributed by atoms with Crippen molar-refractivity contribution < 1.29 is 9.53 Å². The van der Waals surface area contributed by atoms with Crippen LogP contribution in [0.2, 0.25) is 0 Å². The highest BCUT2D eigenvalue weighted by Gasteiger charge is 2.16. The summed E-state index contributed by atoms with van der Waals surface area (Å²) in [6.07, 6.45) is 5.01. The van der Waals surface area contributed by atoms with E-state index in [1.165, 1.54) is 11.1 Å². The van der Waals surface area contributed by atoms with Gasteiger partial charge in [0.15, 0.2) is 0 Å². The average molecular weight is 275 g/mol. The van der Waals surface area contributed by atoms with Crippen molar-refractivity contribution in [1.29, 1.82) is 0 Å². The predicted molar refractivity (Wildman–Crippen MR) is 82.3 cm³/mol. The maximum atomic E-state index is 10.8. The standard InChI is InChI=1S/C17H25NO2/c1-12(2)4-6-14-9-17-15(8-16(14)18-11-19)7-5-13(3)10-20-17/h8-9,11-13H,4-7,10H2,1-3H3,(H,18,19). The Morgan fingerprint density at radius 2 is 2.25 bits per heavy atom. The number of hydrogen-bond donors (Lipinski definition) is 1. The fourth-order valence-electron chi connectivity index (χ4n) is 2.56. The second kappa shape index (κ2) is 6.78. The largest absolute Gasteiger partial charge is 0.493 e. The van der Waals surface area contributed by atoms with Crippen molar-refractivity contribution in [2.45, 2.75) is 46.5 Å². The van der Waals surface area contributed by atoms with Gasteiger partial charge in [-0.1, -0.05) is 20.8 Å². The molecule has 0 radical (unpaired) electrons. The number of aryl methyl sites for hydroxylation is 2. The number of carbonyl (C=O) groups is 1. The predicted octanol–water partition coefficient (Wildman–Crippen LogP) is 3.80. The lowest BCUT2D eigenvalue weighted by molar-refractivity contribution is -0.105. The molecule has 1 aromatic rings. The second-order valence-corrected chi connectivity index (χ2v) is 6.27. The van der Waals surface area contributed by atoms with E-state index in [4.69, 9.17) is 4.74 Å². The van der Waals surface area contributed by atoms with Crippen LogP contribution >= 0.6 is 0 Å². The SMILES string of the molecule is CC(C)CCc1cc2c(cc1NC=O)CCC(C)CO2. The van der Waals surface area contributed by atoms with Gasteiger partial charge in [0, 0.05) is 5.69 Å². The molecule has 1 N–H and O–H groups in total. The van der Waals surface area contributed by atoms with E-state index in [1.807, 2.05) is 0 Å². The van der Waals surface area contributed by atoms with Crippen LogP contribution in [-0.2, 0) is 17.6 Å². The number of fused-ring (bicyclic) bond motifs is 1. The Morgan fingerprint density at radius 3 is 2.95 bits per heavy atom. The van der Waals surface area contributed by atoms with Crippen LogP contribution in [0, 0.1) is 11.8 Å². The van der Waals surface area contributed by atoms with Crippen LogP contribution in [0.5, 0.6) is 5.75 Å². The minimum atomic E-state index is 0.587. The van der Waals surface area contributed by atoms with Gasteiger partial charge in [-0.2, -0.15) is 0 Å². The average Bonchev–Trinajstić information content (AvgIpc) is 2.59. The minimum Gasteiger partial charge on any atom is -0.493 e. The minimum absolute atomic E-state index is 0.587. The van der Waals surface area contributed by atoms with Gasteiger partial charge >= 0.3 is 0 Å². The monoisotopic (exact) mass is 275 g/mol. The molecule has 1 amide bonds. The summed E-state index contributed by atoms with van der Waals surface area (Å²) in [5.74, 6) is 2.24. The third kappa shape index (κ3) is 3.75. The van der Waals surface area contributed by atoms with Crippen LogP contribution in [0.25, 0.3) is 0 Å². The lowest BCUT2D eigenvalue weighted by Crippen LogP contribution is -2.06. The van der Waals surface area contributed by atoms with Gasteiger partial charge in [-0.05, 0) is 60.8 Å². The van der Waals surface area contributed by atoms with E-state index >= 15 is 0 Å². The van der Waals surface area contributed by atoms with E-state index in [1.54, 1.807) is 0 Å². The van der Waals surface area contributed by atoms with Gasteiger partial charge in [0.25, 0.3) is 0 Å². The summed E-state index contributed by atoms with van der Waals surface area (Å²) >= 11 is 0. The third-order valence-corrected chi connectivity index (χ3v) is 3.92. The molecule has 1 aliphatic heterocycles. The second-order valence-electron chi connectivity index (χ2n) is 6.27. The van der Waals surface area contributed by atoms with E-state index < -0.39 is 0 Å². The highest BCUT2D eigenvalue weighted by atomic mass is 16.5. The highest BCUT2D eigenvalue weighted by Crippen LogP contribution is 2.32. The number of hydrogen-bond acceptors (Lipinski definition) is 2. The fourth-order valence-corrected chi connectivity index (χ4v) is 2.56. The highest BCUT2D eigenvalue weighted by molar-refractivity contribution is 5.74. The van der Waals surface area contributed by atoms with Crippen LogP contribution in [0.15, 0.2) is 12.1 Å². The van der Waals surface area contributed by atoms with Crippen molar-refractivity contribution in [3.63, 3.8) is 0 Å². The van der Waals surface area contributed by atoms with Gasteiger partial charge in [0.05, 0.1) is 6.61 Å². The Kier molecular flexibility index (Phi) is 5.05. The molecule has 1 aliphatic rings. The summed E-state index contributed by atoms with van der Waals surface area (Å²) in [5, 5.41) is 2.85. The number of rotatable bonds is 5. The van der Waals surface area contributed by atoms with E-state index in [-0.39, 0.29) is 0 Å². The smallest absolute Gasteiger partial charge is 0.211 e. The van der Waals surface area contributed by atoms with Crippen LogP contribution in [-0.4, -0.2) is 13.0 Å². The molecule has 0 aliphatic carbocycles. The van der Waals surface area contributed by atoms with Crippen LogP contribution in [0.1, 0.15) is 44.7 Å². The van der Waals surface area contributed by atoms with Gasteiger partial charge in [-0.25, -0.2) is 0 Å². The molecule has 1 heterocycles. The fraction of sp³-hybridized carbons (Fsp3) is 0.588. The summed E-state index contributed by atoms with van der Waals surface area (Å²) in [6.45, 7) is 7.44. The molecule has 110 valence electrons. The normalized spacial score (nSPS) is 18.1. The van der Waals surface area contributed by atoms with Crippen LogP contribution in [0.3, 0.4) is 0 Å². The maximum absolute atomic E-state index is 10.8. The van der Waals surface area contributed by atoms with Gasteiger partial charge in [0.1, 0.15) is 5.75 Å². The molecule has 0 spiro atoms. The summed E-state index contributed by atoms with van der Waals surface area (Å²) in [5.41, 5.74) is 3.34. The lowest BCUT2D eigenvalue weighted by atomic mass is 9.97. The van der Waals surface area contributed by atoms with E-state index in [2.05, 4.69) is 38.2 Å². The van der Waals surface area contributed by atoms with Crippen LogP contribution in [0.4, 0.5) is 5.69 Å². The lowest BCUT2D eigenvalue weighted by Gasteiger charge is -2.15. The first kappa shape index (κ1) is 14.9. The topological polar surface area (TPSA) is 38.3 Å². The summed E-state index contributed by atoms with van der Waals surface area (Å²) in [7, 11) is 0. The number of benzene rings is 1. The van der Waals surface area contributed by atoms with Crippen molar-refractivity contribution in [3.05, 3.63) is 23.3 Å². The molecule has 0 saturated heterocycles. The Hall–Kier alpha value is -1.51. The molecule has 1 aromatic carbocycles.